The van der Waals surface area contributed by atoms with Crippen molar-refractivity contribution in [2.45, 2.75) is 31.0 Å². The Kier molecular flexibility index (Phi) is 5.75. The summed E-state index contributed by atoms with van der Waals surface area (Å²) < 4.78 is 9.83. The second-order valence-corrected chi connectivity index (χ2v) is 7.78. The van der Waals surface area contributed by atoms with E-state index in [1.807, 2.05) is 46.5 Å². The molecule has 0 aliphatic rings. The predicted octanol–water partition coefficient (Wildman–Crippen LogP) is 5.12. The van der Waals surface area contributed by atoms with Crippen LogP contribution < -0.4 is 4.74 Å². The smallest absolute Gasteiger partial charge is 0.191 e. The predicted molar refractivity (Wildman–Crippen MR) is 111 cm³/mol. The summed E-state index contributed by atoms with van der Waals surface area (Å²) in [6.07, 6.45) is 4.02. The molecule has 0 saturated heterocycles. The Morgan fingerprint density at radius 2 is 2.04 bits per heavy atom. The van der Waals surface area contributed by atoms with Crippen molar-refractivity contribution in [2.24, 2.45) is 0 Å². The monoisotopic (exact) mass is 433 g/mol. The molecule has 3 aromatic heterocycles. The lowest BCUT2D eigenvalue weighted by Gasteiger charge is -2.10. The van der Waals surface area contributed by atoms with Crippen LogP contribution in [0.4, 0.5) is 0 Å². The fraction of sp³-hybridized carbons (Fsp3) is 0.211. The molecule has 0 saturated carbocycles. The molecule has 4 rings (SSSR count). The molecule has 0 aliphatic carbocycles. The lowest BCUT2D eigenvalue weighted by molar-refractivity contribution is 0.288. The summed E-state index contributed by atoms with van der Waals surface area (Å²) in [5.41, 5.74) is 1.92. The van der Waals surface area contributed by atoms with Crippen LogP contribution in [0.25, 0.3) is 5.65 Å². The van der Waals surface area contributed by atoms with Crippen molar-refractivity contribution < 1.29 is 4.74 Å². The molecule has 0 spiro atoms. The SMILES string of the molecule is CCn1c(COc2cc(Cl)ccc2Cl)nnc1SCc1cn2ccccc2n1. The quantitative estimate of drug-likeness (QED) is 0.378. The molecule has 0 N–H and O–H groups in total. The zero-order valence-electron chi connectivity index (χ0n) is 15.0. The zero-order chi connectivity index (χ0) is 19.5. The number of benzene rings is 1. The minimum Gasteiger partial charge on any atom is -0.484 e. The van der Waals surface area contributed by atoms with Gasteiger partial charge in [-0.3, -0.25) is 0 Å². The highest BCUT2D eigenvalue weighted by atomic mass is 35.5. The van der Waals surface area contributed by atoms with E-state index >= 15 is 0 Å². The Labute approximate surface area is 176 Å². The first-order valence-electron chi connectivity index (χ1n) is 8.69. The Bertz CT molecular complexity index is 1080. The lowest BCUT2D eigenvalue weighted by atomic mass is 10.3. The number of rotatable bonds is 7. The molecule has 4 aromatic rings. The largest absolute Gasteiger partial charge is 0.484 e. The summed E-state index contributed by atoms with van der Waals surface area (Å²) in [4.78, 5) is 4.62. The van der Waals surface area contributed by atoms with Crippen LogP contribution in [0, 0.1) is 0 Å². The maximum absolute atomic E-state index is 6.15. The van der Waals surface area contributed by atoms with Gasteiger partial charge < -0.3 is 13.7 Å². The van der Waals surface area contributed by atoms with Crippen LogP contribution in [0.5, 0.6) is 5.75 Å². The number of pyridine rings is 1. The summed E-state index contributed by atoms with van der Waals surface area (Å²) >= 11 is 13.8. The molecule has 0 unspecified atom stereocenters. The summed E-state index contributed by atoms with van der Waals surface area (Å²) in [5.74, 6) is 1.97. The van der Waals surface area contributed by atoms with E-state index in [2.05, 4.69) is 15.2 Å². The molecule has 0 aliphatic heterocycles. The van der Waals surface area contributed by atoms with E-state index in [1.54, 1.807) is 30.0 Å². The van der Waals surface area contributed by atoms with Gasteiger partial charge in [0.1, 0.15) is 18.0 Å². The average Bonchev–Trinajstić information content (AvgIpc) is 3.29. The van der Waals surface area contributed by atoms with Crippen molar-refractivity contribution in [3.8, 4) is 5.75 Å². The summed E-state index contributed by atoms with van der Waals surface area (Å²) in [6, 6.07) is 11.1. The molecule has 28 heavy (non-hydrogen) atoms. The molecule has 6 nitrogen and oxygen atoms in total. The second kappa shape index (κ2) is 8.43. The van der Waals surface area contributed by atoms with Crippen molar-refractivity contribution in [3.63, 3.8) is 0 Å². The van der Waals surface area contributed by atoms with Crippen LogP contribution >= 0.6 is 35.0 Å². The van der Waals surface area contributed by atoms with Gasteiger partial charge in [0, 0.05) is 35.8 Å². The molecule has 0 fully saturated rings. The molecule has 0 bridgehead atoms. The summed E-state index contributed by atoms with van der Waals surface area (Å²) in [6.45, 7) is 3.05. The summed E-state index contributed by atoms with van der Waals surface area (Å²) in [5, 5.41) is 10.5. The van der Waals surface area contributed by atoms with Crippen LogP contribution in [0.2, 0.25) is 10.0 Å². The number of halogens is 2. The van der Waals surface area contributed by atoms with Gasteiger partial charge in [-0.05, 0) is 31.2 Å². The average molecular weight is 434 g/mol. The van der Waals surface area contributed by atoms with E-state index in [1.165, 1.54) is 0 Å². The minimum atomic E-state index is 0.260. The second-order valence-electron chi connectivity index (χ2n) is 5.99. The van der Waals surface area contributed by atoms with Crippen molar-refractivity contribution in [1.29, 1.82) is 0 Å². The number of hydrogen-bond donors (Lipinski definition) is 0. The van der Waals surface area contributed by atoms with Gasteiger partial charge in [0.25, 0.3) is 0 Å². The molecule has 1 aromatic carbocycles. The Balaban J connectivity index is 1.45. The van der Waals surface area contributed by atoms with Gasteiger partial charge in [-0.1, -0.05) is 41.0 Å². The van der Waals surface area contributed by atoms with E-state index in [0.29, 0.717) is 21.5 Å². The van der Waals surface area contributed by atoms with Gasteiger partial charge in [0.05, 0.1) is 10.7 Å². The third-order valence-electron chi connectivity index (χ3n) is 4.12. The van der Waals surface area contributed by atoms with Crippen LogP contribution in [-0.2, 0) is 18.9 Å². The van der Waals surface area contributed by atoms with Crippen molar-refractivity contribution in [3.05, 3.63) is 70.4 Å². The zero-order valence-corrected chi connectivity index (χ0v) is 17.4. The molecule has 144 valence electrons. The first-order valence-corrected chi connectivity index (χ1v) is 10.4. The fourth-order valence-electron chi connectivity index (χ4n) is 2.78. The van der Waals surface area contributed by atoms with E-state index in [9.17, 15) is 0 Å². The fourth-order valence-corrected chi connectivity index (χ4v) is 4.01. The first kappa shape index (κ1) is 19.1. The molecule has 0 atom stereocenters. The molecule has 3 heterocycles. The highest BCUT2D eigenvalue weighted by Crippen LogP contribution is 2.29. The highest BCUT2D eigenvalue weighted by Gasteiger charge is 2.14. The van der Waals surface area contributed by atoms with Gasteiger partial charge >= 0.3 is 0 Å². The topological polar surface area (TPSA) is 57.2 Å². The Morgan fingerprint density at radius 3 is 2.86 bits per heavy atom. The van der Waals surface area contributed by atoms with E-state index < -0.39 is 0 Å². The van der Waals surface area contributed by atoms with Crippen LogP contribution in [0.3, 0.4) is 0 Å². The highest BCUT2D eigenvalue weighted by molar-refractivity contribution is 7.98. The number of fused-ring (bicyclic) bond motifs is 1. The first-order chi connectivity index (χ1) is 13.6. The van der Waals surface area contributed by atoms with E-state index in [0.717, 1.165) is 28.9 Å². The number of imidazole rings is 1. The Morgan fingerprint density at radius 1 is 1.14 bits per heavy atom. The maximum atomic E-state index is 6.15. The number of thioether (sulfide) groups is 1. The van der Waals surface area contributed by atoms with Crippen molar-refractivity contribution in [1.82, 2.24) is 24.1 Å². The third-order valence-corrected chi connectivity index (χ3v) is 5.67. The van der Waals surface area contributed by atoms with Gasteiger partial charge in [-0.15, -0.1) is 10.2 Å². The normalized spacial score (nSPS) is 11.2. The number of ether oxygens (including phenoxy) is 1. The summed E-state index contributed by atoms with van der Waals surface area (Å²) in [7, 11) is 0. The molecule has 0 amide bonds. The van der Waals surface area contributed by atoms with Gasteiger partial charge in [0.2, 0.25) is 0 Å². The Hall–Kier alpha value is -2.22. The third kappa shape index (κ3) is 4.11. The van der Waals surface area contributed by atoms with Gasteiger partial charge in [-0.2, -0.15) is 0 Å². The molecular weight excluding hydrogens is 417 g/mol. The standard InChI is InChI=1S/C19H17Cl2N5OS/c1-2-26-18(11-27-16-9-13(20)6-7-15(16)21)23-24-19(26)28-12-14-10-25-8-4-3-5-17(25)22-14/h3-10H,2,11-12H2,1H3. The maximum Gasteiger partial charge on any atom is 0.191 e. The van der Waals surface area contributed by atoms with E-state index in [4.69, 9.17) is 27.9 Å². The van der Waals surface area contributed by atoms with Crippen molar-refractivity contribution >= 4 is 40.6 Å². The number of hydrogen-bond acceptors (Lipinski definition) is 5. The number of aromatic nitrogens is 5. The minimum absolute atomic E-state index is 0.260. The van der Waals surface area contributed by atoms with Crippen LogP contribution in [-0.4, -0.2) is 24.1 Å². The number of nitrogens with zero attached hydrogens (tertiary/aromatic N) is 5. The molecule has 0 radical (unpaired) electrons. The molecule has 9 heteroatoms. The van der Waals surface area contributed by atoms with Crippen molar-refractivity contribution in [2.75, 3.05) is 0 Å². The lowest BCUT2D eigenvalue weighted by Crippen LogP contribution is -2.07. The van der Waals surface area contributed by atoms with Gasteiger partial charge in [-0.25, -0.2) is 4.98 Å². The van der Waals surface area contributed by atoms with E-state index in [-0.39, 0.29) is 6.61 Å². The van der Waals surface area contributed by atoms with Crippen LogP contribution in [0.1, 0.15) is 18.4 Å². The van der Waals surface area contributed by atoms with Crippen LogP contribution in [0.15, 0.2) is 53.9 Å². The molecular formula is C19H17Cl2N5OS. The van der Waals surface area contributed by atoms with Gasteiger partial charge in [0.15, 0.2) is 11.0 Å².